The van der Waals surface area contributed by atoms with Crippen LogP contribution in [0.5, 0.6) is 5.75 Å². The average molecular weight is 421 g/mol. The van der Waals surface area contributed by atoms with E-state index in [1.54, 1.807) is 17.0 Å². The van der Waals surface area contributed by atoms with Crippen LogP contribution in [0.3, 0.4) is 0 Å². The number of fused-ring (bicyclic) bond motifs is 1. The lowest BCUT2D eigenvalue weighted by molar-refractivity contribution is -0.118. The van der Waals surface area contributed by atoms with E-state index >= 15 is 0 Å². The highest BCUT2D eigenvalue weighted by Gasteiger charge is 2.21. The third-order valence-electron chi connectivity index (χ3n) is 4.64. The number of thiazole rings is 1. The fourth-order valence-corrected chi connectivity index (χ4v) is 4.18. The van der Waals surface area contributed by atoms with Crippen LogP contribution in [-0.4, -0.2) is 17.5 Å². The second-order valence-corrected chi connectivity index (χ2v) is 7.84. The van der Waals surface area contributed by atoms with E-state index in [1.807, 2.05) is 55.5 Å². The second-order valence-electron chi connectivity index (χ2n) is 6.83. The molecule has 0 aliphatic heterocycles. The van der Waals surface area contributed by atoms with Crippen molar-refractivity contribution in [3.05, 3.63) is 89.7 Å². The Labute approximate surface area is 178 Å². The summed E-state index contributed by atoms with van der Waals surface area (Å²) in [6.07, 6.45) is 0.174. The predicted octanol–water partition coefficient (Wildman–Crippen LogP) is 5.61. The highest BCUT2D eigenvalue weighted by molar-refractivity contribution is 7.22. The molecule has 0 aliphatic carbocycles. The molecule has 30 heavy (non-hydrogen) atoms. The average Bonchev–Trinajstić information content (AvgIpc) is 3.17. The van der Waals surface area contributed by atoms with Gasteiger partial charge in [0.2, 0.25) is 5.91 Å². The number of hydrogen-bond acceptors (Lipinski definition) is 4. The van der Waals surface area contributed by atoms with Crippen molar-refractivity contribution in [1.82, 2.24) is 4.98 Å². The summed E-state index contributed by atoms with van der Waals surface area (Å²) in [6.45, 7) is 2.95. The van der Waals surface area contributed by atoms with E-state index in [1.165, 1.54) is 23.5 Å². The van der Waals surface area contributed by atoms with E-state index in [2.05, 4.69) is 0 Å². The summed E-state index contributed by atoms with van der Waals surface area (Å²) in [6, 6.07) is 21.6. The van der Waals surface area contributed by atoms with Crippen molar-refractivity contribution in [1.29, 1.82) is 0 Å². The fourth-order valence-electron chi connectivity index (χ4n) is 3.17. The molecular formula is C24H21FN2O2S. The van der Waals surface area contributed by atoms with Gasteiger partial charge in [-0.2, -0.15) is 0 Å². The number of hydrogen-bond donors (Lipinski definition) is 0. The monoisotopic (exact) mass is 420 g/mol. The number of ether oxygens (including phenoxy) is 1. The van der Waals surface area contributed by atoms with Crippen LogP contribution in [0.1, 0.15) is 18.1 Å². The Bertz CT molecular complexity index is 1140. The van der Waals surface area contributed by atoms with Crippen molar-refractivity contribution in [3.8, 4) is 5.75 Å². The van der Waals surface area contributed by atoms with Crippen LogP contribution in [0, 0.1) is 5.82 Å². The zero-order valence-corrected chi connectivity index (χ0v) is 17.4. The van der Waals surface area contributed by atoms with Crippen LogP contribution in [-0.2, 0) is 17.8 Å². The fraction of sp³-hybridized carbons (Fsp3) is 0.167. The number of aromatic nitrogens is 1. The van der Waals surface area contributed by atoms with Gasteiger partial charge in [0.25, 0.3) is 0 Å². The Morgan fingerprint density at radius 1 is 1.03 bits per heavy atom. The van der Waals surface area contributed by atoms with Crippen LogP contribution in [0.15, 0.2) is 72.8 Å². The first-order valence-electron chi connectivity index (χ1n) is 9.74. The van der Waals surface area contributed by atoms with Gasteiger partial charge in [-0.05, 0) is 48.4 Å². The Kier molecular flexibility index (Phi) is 6.05. The minimum Gasteiger partial charge on any atom is -0.494 e. The van der Waals surface area contributed by atoms with Crippen molar-refractivity contribution >= 4 is 32.6 Å². The molecule has 4 aromatic rings. The Balaban J connectivity index is 1.66. The van der Waals surface area contributed by atoms with E-state index in [-0.39, 0.29) is 18.1 Å². The predicted molar refractivity (Wildman–Crippen MR) is 119 cm³/mol. The minimum absolute atomic E-state index is 0.0884. The molecule has 0 spiro atoms. The summed E-state index contributed by atoms with van der Waals surface area (Å²) in [5, 5.41) is 0.634. The number of benzene rings is 3. The molecule has 0 radical (unpaired) electrons. The molecule has 0 saturated carbocycles. The van der Waals surface area contributed by atoms with Crippen LogP contribution in [0.4, 0.5) is 9.52 Å². The summed E-state index contributed by atoms with van der Waals surface area (Å²) < 4.78 is 19.8. The van der Waals surface area contributed by atoms with Gasteiger partial charge in [0.15, 0.2) is 5.13 Å². The maximum absolute atomic E-state index is 13.2. The van der Waals surface area contributed by atoms with Gasteiger partial charge in [-0.25, -0.2) is 9.37 Å². The van der Waals surface area contributed by atoms with Crippen LogP contribution < -0.4 is 9.64 Å². The molecule has 0 fully saturated rings. The third-order valence-corrected chi connectivity index (χ3v) is 5.68. The SMILES string of the molecule is CCOc1ccc2nc(N(Cc3ccccc3)C(=O)Cc3ccc(F)cc3)sc2c1. The smallest absolute Gasteiger partial charge is 0.233 e. The van der Waals surface area contributed by atoms with Crippen LogP contribution in [0.2, 0.25) is 0 Å². The molecule has 1 amide bonds. The highest BCUT2D eigenvalue weighted by Crippen LogP contribution is 2.32. The molecule has 0 atom stereocenters. The molecular weight excluding hydrogens is 399 g/mol. The van der Waals surface area contributed by atoms with Gasteiger partial charge in [-0.15, -0.1) is 0 Å². The quantitative estimate of drug-likeness (QED) is 0.390. The molecule has 4 nitrogen and oxygen atoms in total. The Morgan fingerprint density at radius 3 is 2.53 bits per heavy atom. The number of carbonyl (C=O) groups excluding carboxylic acids is 1. The standard InChI is InChI=1S/C24H21FN2O2S/c1-2-29-20-12-13-21-22(15-20)30-24(26-21)27(16-18-6-4-3-5-7-18)23(28)14-17-8-10-19(25)11-9-17/h3-13,15H,2,14,16H2,1H3. The molecule has 152 valence electrons. The molecule has 0 aliphatic rings. The van der Waals surface area contributed by atoms with Crippen molar-refractivity contribution in [3.63, 3.8) is 0 Å². The molecule has 1 heterocycles. The number of halogens is 1. The van der Waals surface area contributed by atoms with Gasteiger partial charge in [-0.1, -0.05) is 53.8 Å². The Morgan fingerprint density at radius 2 is 1.80 bits per heavy atom. The maximum atomic E-state index is 13.2. The van der Waals surface area contributed by atoms with E-state index in [4.69, 9.17) is 9.72 Å². The number of nitrogens with zero attached hydrogens (tertiary/aromatic N) is 2. The summed E-state index contributed by atoms with van der Waals surface area (Å²) in [4.78, 5) is 19.6. The molecule has 0 unspecified atom stereocenters. The zero-order chi connectivity index (χ0) is 20.9. The number of rotatable bonds is 7. The lowest BCUT2D eigenvalue weighted by atomic mass is 10.1. The van der Waals surface area contributed by atoms with E-state index in [0.29, 0.717) is 18.3 Å². The molecule has 4 rings (SSSR count). The normalized spacial score (nSPS) is 10.9. The zero-order valence-electron chi connectivity index (χ0n) is 16.5. The molecule has 6 heteroatoms. The number of amides is 1. The van der Waals surface area contributed by atoms with Crippen LogP contribution in [0.25, 0.3) is 10.2 Å². The van der Waals surface area contributed by atoms with E-state index in [9.17, 15) is 9.18 Å². The van der Waals surface area contributed by atoms with Gasteiger partial charge in [0.1, 0.15) is 11.6 Å². The number of anilines is 1. The largest absolute Gasteiger partial charge is 0.494 e. The highest BCUT2D eigenvalue weighted by atomic mass is 32.1. The van der Waals surface area contributed by atoms with Crippen molar-refractivity contribution in [2.45, 2.75) is 19.9 Å². The number of carbonyl (C=O) groups is 1. The summed E-state index contributed by atoms with van der Waals surface area (Å²) in [5.74, 6) is 0.380. The van der Waals surface area contributed by atoms with Crippen molar-refractivity contribution in [2.75, 3.05) is 11.5 Å². The molecule has 3 aromatic carbocycles. The van der Waals surface area contributed by atoms with Gasteiger partial charge in [-0.3, -0.25) is 9.69 Å². The first-order valence-corrected chi connectivity index (χ1v) is 10.6. The van der Waals surface area contributed by atoms with Crippen molar-refractivity contribution in [2.24, 2.45) is 0 Å². The summed E-state index contributed by atoms with van der Waals surface area (Å²) in [7, 11) is 0. The lowest BCUT2D eigenvalue weighted by Crippen LogP contribution is -2.31. The molecule has 0 bridgehead atoms. The van der Waals surface area contributed by atoms with E-state index in [0.717, 1.165) is 27.1 Å². The van der Waals surface area contributed by atoms with Gasteiger partial charge in [0.05, 0.1) is 29.8 Å². The van der Waals surface area contributed by atoms with Crippen molar-refractivity contribution < 1.29 is 13.9 Å². The molecule has 0 N–H and O–H groups in total. The Hall–Kier alpha value is -3.25. The van der Waals surface area contributed by atoms with Gasteiger partial charge in [0, 0.05) is 0 Å². The second kappa shape index (κ2) is 9.05. The first-order chi connectivity index (χ1) is 14.6. The molecule has 1 aromatic heterocycles. The summed E-state index contributed by atoms with van der Waals surface area (Å²) in [5.41, 5.74) is 2.60. The topological polar surface area (TPSA) is 42.4 Å². The van der Waals surface area contributed by atoms with Gasteiger partial charge >= 0.3 is 0 Å². The van der Waals surface area contributed by atoms with Gasteiger partial charge < -0.3 is 4.74 Å². The third kappa shape index (κ3) is 4.66. The van der Waals surface area contributed by atoms with Crippen LogP contribution >= 0.6 is 11.3 Å². The maximum Gasteiger partial charge on any atom is 0.233 e. The minimum atomic E-state index is -0.316. The lowest BCUT2D eigenvalue weighted by Gasteiger charge is -2.20. The van der Waals surface area contributed by atoms with E-state index < -0.39 is 0 Å². The molecule has 0 saturated heterocycles. The first kappa shape index (κ1) is 20.0. The summed E-state index contributed by atoms with van der Waals surface area (Å²) >= 11 is 1.46.